The molecule has 3 atom stereocenters. The van der Waals surface area contributed by atoms with Crippen LogP contribution in [0.1, 0.15) is 12.5 Å². The summed E-state index contributed by atoms with van der Waals surface area (Å²) in [6.07, 6.45) is -1.23. The van der Waals surface area contributed by atoms with Gasteiger partial charge in [-0.25, -0.2) is 5.48 Å². The Morgan fingerprint density at radius 1 is 0.933 bits per heavy atom. The first-order chi connectivity index (χ1) is 14.3. The maximum atomic E-state index is 12.3. The molecular weight excluding hydrogens is 388 g/mol. The van der Waals surface area contributed by atoms with Crippen molar-refractivity contribution >= 4 is 17.7 Å². The number of amides is 3. The van der Waals surface area contributed by atoms with E-state index < -0.39 is 35.9 Å². The largest absolute Gasteiger partial charge is 0.391 e. The van der Waals surface area contributed by atoms with E-state index in [0.717, 1.165) is 16.7 Å². The molecule has 0 radical (unpaired) electrons. The first kappa shape index (κ1) is 23.0. The van der Waals surface area contributed by atoms with Gasteiger partial charge in [0.1, 0.15) is 12.1 Å². The fourth-order valence-electron chi connectivity index (χ4n) is 2.84. The van der Waals surface area contributed by atoms with Gasteiger partial charge >= 0.3 is 0 Å². The molecule has 0 unspecified atom stereocenters. The van der Waals surface area contributed by atoms with Crippen LogP contribution in [0.5, 0.6) is 0 Å². The van der Waals surface area contributed by atoms with Crippen LogP contribution in [0, 0.1) is 0 Å². The highest BCUT2D eigenvalue weighted by Gasteiger charge is 2.29. The first-order valence-electron chi connectivity index (χ1n) is 9.42. The van der Waals surface area contributed by atoms with Crippen molar-refractivity contribution in [3.63, 3.8) is 0 Å². The van der Waals surface area contributed by atoms with Crippen LogP contribution in [0.4, 0.5) is 0 Å². The average molecular weight is 414 g/mol. The monoisotopic (exact) mass is 414 g/mol. The maximum Gasteiger partial charge on any atom is 0.268 e. The minimum absolute atomic E-state index is 0.0375. The average Bonchev–Trinajstić information content (AvgIpc) is 2.76. The van der Waals surface area contributed by atoms with Crippen molar-refractivity contribution in [3.05, 3.63) is 60.2 Å². The Hall–Kier alpha value is -3.27. The predicted octanol–water partition coefficient (Wildman–Crippen LogP) is -0.289. The molecule has 9 heteroatoms. The number of aliphatic hydroxyl groups excluding tert-OH is 1. The number of hydrogen-bond acceptors (Lipinski definition) is 6. The molecule has 0 spiro atoms. The molecule has 0 aliphatic carbocycles. The highest BCUT2D eigenvalue weighted by atomic mass is 16.5. The van der Waals surface area contributed by atoms with Gasteiger partial charge in [-0.3, -0.25) is 19.6 Å². The van der Waals surface area contributed by atoms with Gasteiger partial charge in [-0.1, -0.05) is 54.6 Å². The quantitative estimate of drug-likeness (QED) is 0.245. The van der Waals surface area contributed by atoms with Crippen molar-refractivity contribution in [2.45, 2.75) is 31.5 Å². The summed E-state index contributed by atoms with van der Waals surface area (Å²) in [6.45, 7) is 1.06. The SMILES string of the molecule is C[C@@H](O)[C@H](NC(=O)[C@H](CN)NC(=O)Cc1ccc(-c2ccccc2)cc1)C(=O)NO. The van der Waals surface area contributed by atoms with E-state index in [4.69, 9.17) is 10.9 Å². The lowest BCUT2D eigenvalue weighted by Crippen LogP contribution is -2.58. The molecule has 0 bridgehead atoms. The molecule has 30 heavy (non-hydrogen) atoms. The highest BCUT2D eigenvalue weighted by Crippen LogP contribution is 2.19. The summed E-state index contributed by atoms with van der Waals surface area (Å²) in [5, 5.41) is 23.1. The standard InChI is InChI=1S/C21H26N4O5/c1-13(26)19(21(29)25-30)24-20(28)17(12-22)23-18(27)11-14-7-9-16(10-8-14)15-5-3-2-4-6-15/h2-10,13,17,19,26,30H,11-12,22H2,1H3,(H,23,27)(H,24,28)(H,25,29)/t13-,17+,19+/m1/s1. The lowest BCUT2D eigenvalue weighted by Gasteiger charge is -2.23. The van der Waals surface area contributed by atoms with Gasteiger partial charge < -0.3 is 21.5 Å². The minimum atomic E-state index is -1.39. The first-order valence-corrected chi connectivity index (χ1v) is 9.42. The maximum absolute atomic E-state index is 12.3. The minimum Gasteiger partial charge on any atom is -0.391 e. The Labute approximate surface area is 174 Å². The summed E-state index contributed by atoms with van der Waals surface area (Å²) in [4.78, 5) is 36.2. The lowest BCUT2D eigenvalue weighted by molar-refractivity contribution is -0.138. The molecule has 2 aromatic carbocycles. The summed E-state index contributed by atoms with van der Waals surface area (Å²) in [6, 6.07) is 14.8. The van der Waals surface area contributed by atoms with Crippen molar-refractivity contribution in [3.8, 4) is 11.1 Å². The van der Waals surface area contributed by atoms with Gasteiger partial charge in [0.15, 0.2) is 0 Å². The zero-order chi connectivity index (χ0) is 22.1. The van der Waals surface area contributed by atoms with E-state index in [-0.39, 0.29) is 13.0 Å². The lowest BCUT2D eigenvalue weighted by atomic mass is 10.0. The Morgan fingerprint density at radius 2 is 1.53 bits per heavy atom. The van der Waals surface area contributed by atoms with Gasteiger partial charge in [0.2, 0.25) is 11.8 Å². The van der Waals surface area contributed by atoms with Crippen LogP contribution in [-0.4, -0.2) is 52.8 Å². The van der Waals surface area contributed by atoms with E-state index >= 15 is 0 Å². The van der Waals surface area contributed by atoms with E-state index in [2.05, 4.69) is 10.6 Å². The van der Waals surface area contributed by atoms with Crippen molar-refractivity contribution in [1.29, 1.82) is 0 Å². The molecule has 160 valence electrons. The number of nitrogens with one attached hydrogen (secondary N) is 3. The molecule has 2 rings (SSSR count). The third-order valence-corrected chi connectivity index (χ3v) is 4.49. The van der Waals surface area contributed by atoms with Crippen LogP contribution in [0.3, 0.4) is 0 Å². The van der Waals surface area contributed by atoms with Gasteiger partial charge in [-0.05, 0) is 23.6 Å². The van der Waals surface area contributed by atoms with E-state index in [0.29, 0.717) is 0 Å². The van der Waals surface area contributed by atoms with E-state index in [9.17, 15) is 19.5 Å². The van der Waals surface area contributed by atoms with Gasteiger partial charge in [0.25, 0.3) is 5.91 Å². The number of hydrogen-bond donors (Lipinski definition) is 6. The predicted molar refractivity (Wildman–Crippen MR) is 110 cm³/mol. The third-order valence-electron chi connectivity index (χ3n) is 4.49. The smallest absolute Gasteiger partial charge is 0.268 e. The molecule has 0 aromatic heterocycles. The van der Waals surface area contributed by atoms with Gasteiger partial charge in [0, 0.05) is 6.54 Å². The van der Waals surface area contributed by atoms with Crippen LogP contribution < -0.4 is 21.8 Å². The van der Waals surface area contributed by atoms with Crippen LogP contribution in [0.25, 0.3) is 11.1 Å². The second-order valence-corrected chi connectivity index (χ2v) is 6.80. The van der Waals surface area contributed by atoms with Gasteiger partial charge in [-0.15, -0.1) is 0 Å². The fourth-order valence-corrected chi connectivity index (χ4v) is 2.84. The van der Waals surface area contributed by atoms with Gasteiger partial charge in [-0.2, -0.15) is 0 Å². The Kier molecular flexibility index (Phi) is 8.48. The molecule has 0 saturated carbocycles. The number of benzene rings is 2. The number of carbonyl (C=O) groups is 3. The number of aliphatic hydroxyl groups is 1. The number of hydroxylamine groups is 1. The molecule has 0 aliphatic heterocycles. The summed E-state index contributed by atoms with van der Waals surface area (Å²) in [5.41, 5.74) is 9.77. The summed E-state index contributed by atoms with van der Waals surface area (Å²) in [7, 11) is 0. The number of carbonyl (C=O) groups excluding carboxylic acids is 3. The molecule has 0 fully saturated rings. The summed E-state index contributed by atoms with van der Waals surface area (Å²) >= 11 is 0. The molecule has 0 aliphatic rings. The zero-order valence-electron chi connectivity index (χ0n) is 16.5. The second kappa shape index (κ2) is 11.1. The molecule has 9 nitrogen and oxygen atoms in total. The number of nitrogens with two attached hydrogens (primary N) is 1. The van der Waals surface area contributed by atoms with E-state index in [1.165, 1.54) is 12.4 Å². The Bertz CT molecular complexity index is 855. The van der Waals surface area contributed by atoms with Crippen molar-refractivity contribution in [1.82, 2.24) is 16.1 Å². The molecular formula is C21H26N4O5. The van der Waals surface area contributed by atoms with Crippen LogP contribution in [0.2, 0.25) is 0 Å². The molecule has 0 heterocycles. The second-order valence-electron chi connectivity index (χ2n) is 6.80. The molecule has 3 amide bonds. The topological polar surface area (TPSA) is 154 Å². The fraction of sp³-hybridized carbons (Fsp3) is 0.286. The summed E-state index contributed by atoms with van der Waals surface area (Å²) in [5.74, 6) is -2.16. The van der Waals surface area contributed by atoms with E-state index in [1.54, 1.807) is 0 Å². The summed E-state index contributed by atoms with van der Waals surface area (Å²) < 4.78 is 0. The van der Waals surface area contributed by atoms with Crippen molar-refractivity contribution in [2.24, 2.45) is 5.73 Å². The number of rotatable bonds is 9. The molecule has 2 aromatic rings. The molecule has 7 N–H and O–H groups in total. The highest BCUT2D eigenvalue weighted by molar-refractivity contribution is 5.92. The van der Waals surface area contributed by atoms with Crippen LogP contribution in [0.15, 0.2) is 54.6 Å². The third kappa shape index (κ3) is 6.38. The van der Waals surface area contributed by atoms with Crippen LogP contribution in [-0.2, 0) is 20.8 Å². The van der Waals surface area contributed by atoms with Crippen LogP contribution >= 0.6 is 0 Å². The molecule has 0 saturated heterocycles. The van der Waals surface area contributed by atoms with Crippen molar-refractivity contribution < 1.29 is 24.7 Å². The van der Waals surface area contributed by atoms with Crippen molar-refractivity contribution in [2.75, 3.05) is 6.54 Å². The normalized spacial score (nSPS) is 13.6. The Morgan fingerprint density at radius 3 is 2.07 bits per heavy atom. The Balaban J connectivity index is 1.96. The van der Waals surface area contributed by atoms with E-state index in [1.807, 2.05) is 54.6 Å². The van der Waals surface area contributed by atoms with Gasteiger partial charge in [0.05, 0.1) is 12.5 Å². The zero-order valence-corrected chi connectivity index (χ0v) is 16.5.